The van der Waals surface area contributed by atoms with Crippen LogP contribution in [-0.2, 0) is 13.6 Å². The van der Waals surface area contributed by atoms with Crippen molar-refractivity contribution in [1.29, 1.82) is 0 Å². The lowest BCUT2D eigenvalue weighted by molar-refractivity contribution is 0.102. The number of amides is 1. The number of nitrogens with two attached hydrogens (primary N) is 1. The van der Waals surface area contributed by atoms with Crippen molar-refractivity contribution in [3.8, 4) is 0 Å². The second-order valence-electron chi connectivity index (χ2n) is 7.10. The Morgan fingerprint density at radius 2 is 1.69 bits per heavy atom. The van der Waals surface area contributed by atoms with Gasteiger partial charge in [-0.2, -0.15) is 0 Å². The number of hydrogen-bond donors (Lipinski definition) is 2. The summed E-state index contributed by atoms with van der Waals surface area (Å²) in [4.78, 5) is 25.3. The fourth-order valence-corrected chi connectivity index (χ4v) is 3.51. The topological polar surface area (TPSA) is 82.1 Å². The maximum atomic E-state index is 12.7. The average molecular weight is 386 g/mol. The molecule has 0 bridgehead atoms. The molecule has 3 N–H and O–H groups in total. The van der Waals surface area contributed by atoms with E-state index < -0.39 is 0 Å². The lowest BCUT2D eigenvalue weighted by Crippen LogP contribution is -2.23. The Balaban J connectivity index is 1.62. The van der Waals surface area contributed by atoms with Gasteiger partial charge >= 0.3 is 5.69 Å². The van der Waals surface area contributed by atoms with Crippen LogP contribution in [0.3, 0.4) is 0 Å². The third-order valence-electron chi connectivity index (χ3n) is 5.19. The number of nitrogen functional groups attached to an aromatic ring is 1. The van der Waals surface area contributed by atoms with Crippen LogP contribution >= 0.6 is 0 Å². The molecule has 0 fully saturated rings. The maximum absolute atomic E-state index is 12.7. The van der Waals surface area contributed by atoms with Crippen LogP contribution in [0.25, 0.3) is 11.0 Å². The van der Waals surface area contributed by atoms with E-state index in [0.717, 1.165) is 22.2 Å². The molecule has 0 aliphatic heterocycles. The molecule has 3 aromatic carbocycles. The Kier molecular flexibility index (Phi) is 4.68. The highest BCUT2D eigenvalue weighted by molar-refractivity contribution is 6.05. The predicted molar refractivity (Wildman–Crippen MR) is 116 cm³/mol. The summed E-state index contributed by atoms with van der Waals surface area (Å²) < 4.78 is 3.40. The minimum Gasteiger partial charge on any atom is -0.397 e. The molecule has 146 valence electrons. The van der Waals surface area contributed by atoms with Crippen molar-refractivity contribution in [3.05, 3.63) is 93.9 Å². The number of rotatable bonds is 4. The summed E-state index contributed by atoms with van der Waals surface area (Å²) in [6, 6.07) is 20.4. The molecule has 4 rings (SSSR count). The summed E-state index contributed by atoms with van der Waals surface area (Å²) in [5, 5.41) is 2.84. The molecular weight excluding hydrogens is 364 g/mol. The van der Waals surface area contributed by atoms with Gasteiger partial charge in [0.2, 0.25) is 0 Å². The van der Waals surface area contributed by atoms with Gasteiger partial charge in [-0.1, -0.05) is 30.3 Å². The number of aryl methyl sites for hydroxylation is 2. The zero-order chi connectivity index (χ0) is 20.5. The van der Waals surface area contributed by atoms with Crippen LogP contribution in [0.5, 0.6) is 0 Å². The molecule has 0 saturated heterocycles. The van der Waals surface area contributed by atoms with E-state index in [4.69, 9.17) is 5.73 Å². The summed E-state index contributed by atoms with van der Waals surface area (Å²) in [5.74, 6) is -0.222. The van der Waals surface area contributed by atoms with Crippen molar-refractivity contribution in [2.24, 2.45) is 7.05 Å². The Hall–Kier alpha value is -3.80. The van der Waals surface area contributed by atoms with Crippen LogP contribution in [0.4, 0.5) is 11.4 Å². The van der Waals surface area contributed by atoms with Crippen LogP contribution in [0, 0.1) is 6.92 Å². The summed E-state index contributed by atoms with van der Waals surface area (Å²) in [5.41, 5.74) is 11.2. The van der Waals surface area contributed by atoms with Gasteiger partial charge in [0, 0.05) is 12.6 Å². The number of nitrogens with zero attached hydrogens (tertiary/aromatic N) is 2. The second-order valence-corrected chi connectivity index (χ2v) is 7.10. The van der Waals surface area contributed by atoms with Crippen LogP contribution in [0.15, 0.2) is 71.5 Å². The monoisotopic (exact) mass is 386 g/mol. The molecular formula is C23H22N4O2. The van der Waals surface area contributed by atoms with Crippen LogP contribution in [-0.4, -0.2) is 15.0 Å². The minimum absolute atomic E-state index is 0.0630. The van der Waals surface area contributed by atoms with Crippen molar-refractivity contribution in [3.63, 3.8) is 0 Å². The van der Waals surface area contributed by atoms with Crippen LogP contribution < -0.4 is 16.7 Å². The fraction of sp³-hybridized carbons (Fsp3) is 0.130. The van der Waals surface area contributed by atoms with E-state index >= 15 is 0 Å². The fourth-order valence-electron chi connectivity index (χ4n) is 3.51. The Bertz CT molecular complexity index is 1280. The SMILES string of the molecule is Cc1cc(C(=O)Nc2ccccc2N)ccc1Cn1c(=O)n(C)c2ccccc21. The number of para-hydroxylation sites is 4. The highest BCUT2D eigenvalue weighted by Gasteiger charge is 2.13. The molecule has 1 amide bonds. The number of fused-ring (bicyclic) bond motifs is 1. The largest absolute Gasteiger partial charge is 0.397 e. The van der Waals surface area contributed by atoms with E-state index in [1.165, 1.54) is 0 Å². The van der Waals surface area contributed by atoms with Gasteiger partial charge in [-0.15, -0.1) is 0 Å². The summed E-state index contributed by atoms with van der Waals surface area (Å²) >= 11 is 0. The number of nitrogens with one attached hydrogen (secondary N) is 1. The molecule has 1 heterocycles. The van der Waals surface area contributed by atoms with Crippen molar-refractivity contribution in [2.45, 2.75) is 13.5 Å². The molecule has 0 atom stereocenters. The highest BCUT2D eigenvalue weighted by Crippen LogP contribution is 2.20. The molecule has 1 aromatic heterocycles. The third kappa shape index (κ3) is 3.40. The Labute approximate surface area is 168 Å². The van der Waals surface area contributed by atoms with Gasteiger partial charge < -0.3 is 11.1 Å². The number of carbonyl (C=O) groups is 1. The lowest BCUT2D eigenvalue weighted by Gasteiger charge is -2.11. The number of benzene rings is 3. The maximum Gasteiger partial charge on any atom is 0.329 e. The molecule has 0 aliphatic carbocycles. The first-order valence-electron chi connectivity index (χ1n) is 9.35. The lowest BCUT2D eigenvalue weighted by atomic mass is 10.0. The zero-order valence-electron chi connectivity index (χ0n) is 16.3. The summed E-state index contributed by atoms with van der Waals surface area (Å²) in [6.07, 6.45) is 0. The Morgan fingerprint density at radius 1 is 1.00 bits per heavy atom. The van der Waals surface area contributed by atoms with E-state index in [-0.39, 0.29) is 11.6 Å². The van der Waals surface area contributed by atoms with Gasteiger partial charge in [0.05, 0.1) is 29.0 Å². The number of imidazole rings is 1. The van der Waals surface area contributed by atoms with Gasteiger partial charge in [-0.3, -0.25) is 13.9 Å². The van der Waals surface area contributed by atoms with E-state index in [1.807, 2.05) is 55.5 Å². The highest BCUT2D eigenvalue weighted by atomic mass is 16.2. The first-order valence-corrected chi connectivity index (χ1v) is 9.35. The molecule has 0 unspecified atom stereocenters. The zero-order valence-corrected chi connectivity index (χ0v) is 16.3. The molecule has 4 aromatic rings. The van der Waals surface area contributed by atoms with Crippen LogP contribution in [0.2, 0.25) is 0 Å². The number of carbonyl (C=O) groups excluding carboxylic acids is 1. The quantitative estimate of drug-likeness (QED) is 0.527. The minimum atomic E-state index is -0.222. The smallest absolute Gasteiger partial charge is 0.329 e. The van der Waals surface area contributed by atoms with Crippen molar-refractivity contribution >= 4 is 28.3 Å². The second kappa shape index (κ2) is 7.31. The molecule has 0 saturated carbocycles. The number of anilines is 2. The van der Waals surface area contributed by atoms with E-state index in [2.05, 4.69) is 5.32 Å². The molecule has 0 aliphatic rings. The first-order chi connectivity index (χ1) is 14.0. The van der Waals surface area contributed by atoms with Crippen molar-refractivity contribution < 1.29 is 4.79 Å². The molecule has 0 spiro atoms. The molecule has 6 nitrogen and oxygen atoms in total. The van der Waals surface area contributed by atoms with Gasteiger partial charge in [0.25, 0.3) is 5.91 Å². The van der Waals surface area contributed by atoms with Gasteiger partial charge in [-0.05, 0) is 54.4 Å². The van der Waals surface area contributed by atoms with Crippen LogP contribution in [0.1, 0.15) is 21.5 Å². The van der Waals surface area contributed by atoms with E-state index in [0.29, 0.717) is 23.5 Å². The molecule has 6 heteroatoms. The van der Waals surface area contributed by atoms with Crippen molar-refractivity contribution in [1.82, 2.24) is 9.13 Å². The standard InChI is InChI=1S/C23H22N4O2/c1-15-13-16(22(28)25-19-8-4-3-7-18(19)24)11-12-17(15)14-27-21-10-6-5-9-20(21)26(2)23(27)29/h3-13H,14,24H2,1-2H3,(H,25,28). The first kappa shape index (κ1) is 18.6. The normalized spacial score (nSPS) is 11.0. The third-order valence-corrected chi connectivity index (χ3v) is 5.19. The van der Waals surface area contributed by atoms with Crippen molar-refractivity contribution in [2.75, 3.05) is 11.1 Å². The predicted octanol–water partition coefficient (Wildman–Crippen LogP) is 3.53. The summed E-state index contributed by atoms with van der Waals surface area (Å²) in [7, 11) is 1.77. The Morgan fingerprint density at radius 3 is 2.41 bits per heavy atom. The van der Waals surface area contributed by atoms with E-state index in [1.54, 1.807) is 34.4 Å². The average Bonchev–Trinajstić information content (AvgIpc) is 2.96. The van der Waals surface area contributed by atoms with Gasteiger partial charge in [0.15, 0.2) is 0 Å². The van der Waals surface area contributed by atoms with Gasteiger partial charge in [0.1, 0.15) is 0 Å². The summed E-state index contributed by atoms with van der Waals surface area (Å²) in [6.45, 7) is 2.39. The molecule has 0 radical (unpaired) electrons. The van der Waals surface area contributed by atoms with E-state index in [9.17, 15) is 9.59 Å². The number of hydrogen-bond acceptors (Lipinski definition) is 3. The van der Waals surface area contributed by atoms with Gasteiger partial charge in [-0.25, -0.2) is 4.79 Å². The number of aromatic nitrogens is 2. The molecule has 29 heavy (non-hydrogen) atoms.